The molecule has 178 valence electrons. The molecule has 1 aromatic carbocycles. The molecule has 0 radical (unpaired) electrons. The average Bonchev–Trinajstić information content (AvgIpc) is 3.28. The van der Waals surface area contributed by atoms with Crippen LogP contribution in [0.4, 0.5) is 0 Å². The molecule has 1 saturated carbocycles. The van der Waals surface area contributed by atoms with E-state index in [1.165, 1.54) is 48.7 Å². The molecule has 0 saturated heterocycles. The Morgan fingerprint density at radius 2 is 1.97 bits per heavy atom. The number of carbonyl (C=O) groups is 1. The summed E-state index contributed by atoms with van der Waals surface area (Å²) in [6.07, 6.45) is 10.4. The highest BCUT2D eigenvalue weighted by atomic mass is 16.5. The zero-order chi connectivity index (χ0) is 23.6. The number of ether oxygens (including phenoxy) is 1. The molecule has 3 heteroatoms. The molecule has 0 amide bonds. The zero-order valence-corrected chi connectivity index (χ0v) is 21.4. The van der Waals surface area contributed by atoms with E-state index in [2.05, 4.69) is 69.9 Å². The predicted octanol–water partition coefficient (Wildman–Crippen LogP) is 7.91. The monoisotopic (exact) mass is 447 g/mol. The molecule has 2 aromatic rings. The van der Waals surface area contributed by atoms with E-state index in [9.17, 15) is 4.79 Å². The summed E-state index contributed by atoms with van der Waals surface area (Å²) in [6.45, 7) is 13.6. The fourth-order valence-corrected chi connectivity index (χ4v) is 8.16. The molecular weight excluding hydrogens is 406 g/mol. The maximum atomic E-state index is 12.1. The van der Waals surface area contributed by atoms with Gasteiger partial charge in [-0.2, -0.15) is 0 Å². The number of H-pyrrole nitrogens is 1. The van der Waals surface area contributed by atoms with Gasteiger partial charge in [0.25, 0.3) is 0 Å². The van der Waals surface area contributed by atoms with Gasteiger partial charge < -0.3 is 9.72 Å². The van der Waals surface area contributed by atoms with Crippen LogP contribution in [0.2, 0.25) is 0 Å². The Bertz CT molecular complexity index is 1110. The van der Waals surface area contributed by atoms with Crippen LogP contribution in [0.1, 0.15) is 97.2 Å². The van der Waals surface area contributed by atoms with Gasteiger partial charge in [0, 0.05) is 34.9 Å². The average molecular weight is 448 g/mol. The highest BCUT2D eigenvalue weighted by Crippen LogP contribution is 2.73. The van der Waals surface area contributed by atoms with Crippen molar-refractivity contribution in [3.8, 4) is 0 Å². The zero-order valence-electron chi connectivity index (χ0n) is 21.4. The van der Waals surface area contributed by atoms with Crippen molar-refractivity contribution in [2.45, 2.75) is 92.4 Å². The van der Waals surface area contributed by atoms with Gasteiger partial charge in [0.15, 0.2) is 0 Å². The van der Waals surface area contributed by atoms with E-state index in [1.807, 2.05) is 0 Å². The summed E-state index contributed by atoms with van der Waals surface area (Å²) < 4.78 is 5.97. The summed E-state index contributed by atoms with van der Waals surface area (Å²) in [5, 5.41) is 1.42. The summed E-state index contributed by atoms with van der Waals surface area (Å²) in [7, 11) is 0. The lowest BCUT2D eigenvalue weighted by Gasteiger charge is -2.65. The number of carbonyl (C=O) groups excluding carboxylic acids is 1. The molecule has 1 fully saturated rings. The number of aromatic amines is 1. The molecule has 33 heavy (non-hydrogen) atoms. The second-order valence-corrected chi connectivity index (χ2v) is 12.3. The number of hydrogen-bond donors (Lipinski definition) is 1. The van der Waals surface area contributed by atoms with Crippen LogP contribution in [0.25, 0.3) is 10.9 Å². The van der Waals surface area contributed by atoms with Crippen molar-refractivity contribution >= 4 is 16.9 Å². The van der Waals surface area contributed by atoms with Gasteiger partial charge in [-0.05, 0) is 72.5 Å². The van der Waals surface area contributed by atoms with E-state index in [4.69, 9.17) is 4.74 Å². The third-order valence-electron chi connectivity index (χ3n) is 10.2. The third kappa shape index (κ3) is 3.17. The Balaban J connectivity index is 1.61. The second kappa shape index (κ2) is 7.75. The van der Waals surface area contributed by atoms with E-state index in [0.29, 0.717) is 17.8 Å². The number of aromatic nitrogens is 1. The smallest absolute Gasteiger partial charge is 0.307 e. The normalized spacial score (nSPS) is 35.2. The van der Waals surface area contributed by atoms with Gasteiger partial charge in [0.2, 0.25) is 0 Å². The lowest BCUT2D eigenvalue weighted by molar-refractivity contribution is -0.155. The number of hydrogen-bond acceptors (Lipinski definition) is 2. The Kier molecular flexibility index (Phi) is 5.34. The standard InChI is InChI=1S/C30H41NO2/c1-19(2)10-9-15-28(4)25(33-20(3)32)14-16-29(5)26-21(13-17-30(28,29)6)18-23-22-11-7-8-12-24(22)31-27(23)26/h7-8,11-12,14,19,21,26,31H,9-10,13,15-18H2,1-6H3. The lowest BCUT2D eigenvalue weighted by Crippen LogP contribution is -2.58. The van der Waals surface area contributed by atoms with Gasteiger partial charge in [0.1, 0.15) is 5.76 Å². The molecular formula is C30H41NO2. The first-order valence-electron chi connectivity index (χ1n) is 13.1. The first-order valence-corrected chi connectivity index (χ1v) is 13.1. The van der Waals surface area contributed by atoms with Gasteiger partial charge in [-0.3, -0.25) is 4.79 Å². The van der Waals surface area contributed by atoms with Crippen LogP contribution in [0.15, 0.2) is 36.1 Å². The number of fused-ring (bicyclic) bond motifs is 7. The first kappa shape index (κ1) is 22.7. The summed E-state index contributed by atoms with van der Waals surface area (Å²) in [6, 6.07) is 8.82. The Hall–Kier alpha value is -2.03. The number of benzene rings is 1. The highest BCUT2D eigenvalue weighted by Gasteiger charge is 2.66. The summed E-state index contributed by atoms with van der Waals surface area (Å²) in [4.78, 5) is 16.0. The van der Waals surface area contributed by atoms with Crippen molar-refractivity contribution < 1.29 is 9.53 Å². The molecule has 1 aromatic heterocycles. The topological polar surface area (TPSA) is 42.1 Å². The largest absolute Gasteiger partial charge is 0.431 e. The van der Waals surface area contributed by atoms with Crippen LogP contribution in [-0.4, -0.2) is 11.0 Å². The van der Waals surface area contributed by atoms with Crippen LogP contribution in [0, 0.1) is 28.1 Å². The Labute approximate surface area is 199 Å². The van der Waals surface area contributed by atoms with Crippen molar-refractivity contribution in [2.75, 3.05) is 0 Å². The fourth-order valence-electron chi connectivity index (χ4n) is 8.16. The lowest BCUT2D eigenvalue weighted by atomic mass is 9.39. The molecule has 5 unspecified atom stereocenters. The molecule has 3 aliphatic rings. The summed E-state index contributed by atoms with van der Waals surface area (Å²) >= 11 is 0. The quantitative estimate of drug-likeness (QED) is 0.473. The number of esters is 1. The predicted molar refractivity (Wildman–Crippen MR) is 135 cm³/mol. The Morgan fingerprint density at radius 1 is 1.21 bits per heavy atom. The van der Waals surface area contributed by atoms with E-state index < -0.39 is 0 Å². The molecule has 0 spiro atoms. The van der Waals surface area contributed by atoms with Crippen molar-refractivity contribution in [3.05, 3.63) is 47.4 Å². The van der Waals surface area contributed by atoms with Crippen LogP contribution in [0.5, 0.6) is 0 Å². The number of allylic oxidation sites excluding steroid dienone is 2. The van der Waals surface area contributed by atoms with Crippen LogP contribution in [-0.2, 0) is 16.0 Å². The summed E-state index contributed by atoms with van der Waals surface area (Å²) in [5.74, 6) is 2.68. The fraction of sp³-hybridized carbons (Fsp3) is 0.633. The van der Waals surface area contributed by atoms with Gasteiger partial charge in [-0.25, -0.2) is 0 Å². The number of nitrogens with one attached hydrogen (secondary N) is 1. The molecule has 1 N–H and O–H groups in total. The van der Waals surface area contributed by atoms with Gasteiger partial charge in [-0.15, -0.1) is 0 Å². The maximum absolute atomic E-state index is 12.1. The molecule has 3 nitrogen and oxygen atoms in total. The molecule has 0 aliphatic heterocycles. The van der Waals surface area contributed by atoms with Crippen molar-refractivity contribution in [2.24, 2.45) is 28.1 Å². The van der Waals surface area contributed by atoms with Crippen molar-refractivity contribution in [1.82, 2.24) is 4.98 Å². The summed E-state index contributed by atoms with van der Waals surface area (Å²) in [5.41, 5.74) is 4.38. The maximum Gasteiger partial charge on any atom is 0.307 e. The van der Waals surface area contributed by atoms with Crippen LogP contribution < -0.4 is 0 Å². The molecule has 5 atom stereocenters. The minimum atomic E-state index is -0.184. The van der Waals surface area contributed by atoms with Crippen molar-refractivity contribution in [3.63, 3.8) is 0 Å². The van der Waals surface area contributed by atoms with Crippen LogP contribution in [0.3, 0.4) is 0 Å². The van der Waals surface area contributed by atoms with E-state index in [0.717, 1.165) is 18.6 Å². The molecule has 5 rings (SSSR count). The van der Waals surface area contributed by atoms with Gasteiger partial charge >= 0.3 is 5.97 Å². The minimum Gasteiger partial charge on any atom is -0.431 e. The molecule has 0 bridgehead atoms. The van der Waals surface area contributed by atoms with Crippen LogP contribution >= 0.6 is 0 Å². The second-order valence-electron chi connectivity index (χ2n) is 12.3. The van der Waals surface area contributed by atoms with Gasteiger partial charge in [0.05, 0.1) is 0 Å². The van der Waals surface area contributed by atoms with E-state index in [-0.39, 0.29) is 22.2 Å². The number of rotatable bonds is 5. The van der Waals surface area contributed by atoms with E-state index >= 15 is 0 Å². The van der Waals surface area contributed by atoms with E-state index in [1.54, 1.807) is 12.5 Å². The van der Waals surface area contributed by atoms with Crippen molar-refractivity contribution in [1.29, 1.82) is 0 Å². The first-order chi connectivity index (χ1) is 15.6. The third-order valence-corrected chi connectivity index (χ3v) is 10.2. The number of para-hydroxylation sites is 1. The molecule has 3 aliphatic carbocycles. The SMILES string of the molecule is CC(=O)OC1=CCC2(C)C3c4[nH]c5ccccc5c4CC3CCC2(C)C1(C)CCCC(C)C. The van der Waals surface area contributed by atoms with Gasteiger partial charge in [-0.1, -0.05) is 65.7 Å². The molecule has 1 heterocycles. The Morgan fingerprint density at radius 3 is 2.70 bits per heavy atom. The minimum absolute atomic E-state index is 0.0661. The highest BCUT2D eigenvalue weighted by molar-refractivity contribution is 5.85.